The molecule has 3 rings (SSSR count). The Bertz CT molecular complexity index is 681. The Morgan fingerprint density at radius 3 is 2.65 bits per heavy atom. The fraction of sp³-hybridized carbons (Fsp3) is 0.562. The van der Waals surface area contributed by atoms with Crippen LogP contribution in [0.15, 0.2) is 29.2 Å². The molecule has 126 valence electrons. The van der Waals surface area contributed by atoms with Crippen LogP contribution in [-0.2, 0) is 19.3 Å². The zero-order chi connectivity index (χ0) is 16.4. The van der Waals surface area contributed by atoms with Gasteiger partial charge in [-0.3, -0.25) is 4.79 Å². The number of carbonyl (C=O) groups is 1. The summed E-state index contributed by atoms with van der Waals surface area (Å²) < 4.78 is 34.5. The Labute approximate surface area is 136 Å². The molecule has 2 aliphatic rings. The normalized spacial score (nSPS) is 23.2. The fourth-order valence-electron chi connectivity index (χ4n) is 3.12. The summed E-state index contributed by atoms with van der Waals surface area (Å²) in [5.74, 6) is -0.167. The molecule has 2 fully saturated rings. The fourth-order valence-corrected chi connectivity index (χ4v) is 3.78. The second-order valence-electron chi connectivity index (χ2n) is 5.97. The Kier molecular flexibility index (Phi) is 4.70. The second kappa shape index (κ2) is 6.59. The van der Waals surface area contributed by atoms with Gasteiger partial charge in [-0.25, -0.2) is 8.42 Å². The minimum Gasteiger partial charge on any atom is -0.348 e. The van der Waals surface area contributed by atoms with E-state index in [-0.39, 0.29) is 23.1 Å². The topological polar surface area (TPSA) is 72.9 Å². The molecule has 1 atom stereocenters. The first-order valence-electron chi connectivity index (χ1n) is 7.81. The van der Waals surface area contributed by atoms with Crippen LogP contribution >= 0.6 is 0 Å². The first kappa shape index (κ1) is 16.4. The van der Waals surface area contributed by atoms with Crippen LogP contribution in [0.1, 0.15) is 29.6 Å². The molecule has 2 heterocycles. The lowest BCUT2D eigenvalue weighted by molar-refractivity contribution is -0.100. The van der Waals surface area contributed by atoms with Crippen LogP contribution in [0.4, 0.5) is 0 Å². The lowest BCUT2D eigenvalue weighted by atomic mass is 10.00. The first-order chi connectivity index (χ1) is 11.0. The monoisotopic (exact) mass is 339 g/mol. The molecule has 2 saturated heterocycles. The zero-order valence-corrected chi connectivity index (χ0v) is 13.9. The molecule has 0 unspecified atom stereocenters. The van der Waals surface area contributed by atoms with E-state index in [0.29, 0.717) is 25.3 Å². The molecule has 0 radical (unpaired) electrons. The highest BCUT2D eigenvalue weighted by molar-refractivity contribution is 7.90. The lowest BCUT2D eigenvalue weighted by Crippen LogP contribution is -2.50. The van der Waals surface area contributed by atoms with Gasteiger partial charge < -0.3 is 14.4 Å². The van der Waals surface area contributed by atoms with Crippen molar-refractivity contribution in [1.82, 2.24) is 4.90 Å². The van der Waals surface area contributed by atoms with Crippen molar-refractivity contribution in [2.24, 2.45) is 0 Å². The number of rotatable bonds is 3. The minimum atomic E-state index is -3.34. The zero-order valence-electron chi connectivity index (χ0n) is 13.1. The van der Waals surface area contributed by atoms with Gasteiger partial charge in [-0.2, -0.15) is 0 Å². The van der Waals surface area contributed by atoms with Crippen LogP contribution in [-0.4, -0.2) is 57.6 Å². The first-order valence-corrected chi connectivity index (χ1v) is 9.70. The van der Waals surface area contributed by atoms with Crippen LogP contribution in [0.3, 0.4) is 0 Å². The Morgan fingerprint density at radius 2 is 1.96 bits per heavy atom. The summed E-state index contributed by atoms with van der Waals surface area (Å²) in [7, 11) is -3.34. The van der Waals surface area contributed by atoms with E-state index in [1.54, 1.807) is 17.0 Å². The number of ether oxygens (including phenoxy) is 2. The van der Waals surface area contributed by atoms with E-state index in [1.807, 2.05) is 0 Å². The maximum atomic E-state index is 12.9. The summed E-state index contributed by atoms with van der Waals surface area (Å²) in [6, 6.07) is 6.09. The van der Waals surface area contributed by atoms with Gasteiger partial charge in [0.1, 0.15) is 0 Å². The van der Waals surface area contributed by atoms with Gasteiger partial charge in [-0.15, -0.1) is 0 Å². The molecule has 2 aliphatic heterocycles. The third-order valence-electron chi connectivity index (χ3n) is 4.28. The Balaban J connectivity index is 1.85. The van der Waals surface area contributed by atoms with Crippen LogP contribution < -0.4 is 0 Å². The summed E-state index contributed by atoms with van der Waals surface area (Å²) in [6.07, 6.45) is 3.56. The van der Waals surface area contributed by atoms with E-state index in [4.69, 9.17) is 9.47 Å². The quantitative estimate of drug-likeness (QED) is 0.833. The van der Waals surface area contributed by atoms with Gasteiger partial charge in [-0.05, 0) is 37.5 Å². The smallest absolute Gasteiger partial charge is 0.254 e. The van der Waals surface area contributed by atoms with E-state index >= 15 is 0 Å². The molecule has 23 heavy (non-hydrogen) atoms. The molecular formula is C16H21NO5S. The van der Waals surface area contributed by atoms with Crippen LogP contribution in [0, 0.1) is 0 Å². The van der Waals surface area contributed by atoms with Crippen molar-refractivity contribution < 1.29 is 22.7 Å². The number of hydrogen-bond donors (Lipinski definition) is 0. The van der Waals surface area contributed by atoms with Gasteiger partial charge in [-0.1, -0.05) is 6.07 Å². The summed E-state index contributed by atoms with van der Waals surface area (Å²) >= 11 is 0. The van der Waals surface area contributed by atoms with Crippen LogP contribution in [0.5, 0.6) is 0 Å². The molecule has 1 aromatic carbocycles. The molecule has 0 N–H and O–H groups in total. The molecule has 7 heteroatoms. The molecule has 6 nitrogen and oxygen atoms in total. The summed E-state index contributed by atoms with van der Waals surface area (Å²) in [5, 5.41) is 0. The molecule has 0 aromatic heterocycles. The van der Waals surface area contributed by atoms with Crippen molar-refractivity contribution in [3.8, 4) is 0 Å². The van der Waals surface area contributed by atoms with Gasteiger partial charge in [0.2, 0.25) is 0 Å². The lowest BCUT2D eigenvalue weighted by Gasteiger charge is -2.38. The number of sulfone groups is 1. The maximum absolute atomic E-state index is 12.9. The van der Waals surface area contributed by atoms with Gasteiger partial charge in [0.15, 0.2) is 16.1 Å². The second-order valence-corrected chi connectivity index (χ2v) is 7.99. The summed E-state index contributed by atoms with van der Waals surface area (Å²) in [4.78, 5) is 14.8. The highest BCUT2D eigenvalue weighted by Gasteiger charge is 2.36. The highest BCUT2D eigenvalue weighted by atomic mass is 32.2. The SMILES string of the molecule is CS(=O)(=O)c1cccc(C(=O)N2CCCC[C@@H]2C2OCCO2)c1. The maximum Gasteiger partial charge on any atom is 0.254 e. The van der Waals surface area contributed by atoms with E-state index in [9.17, 15) is 13.2 Å². The summed E-state index contributed by atoms with van der Waals surface area (Å²) in [6.45, 7) is 1.73. The average Bonchev–Trinajstić information content (AvgIpc) is 3.08. The van der Waals surface area contributed by atoms with Gasteiger partial charge in [0.25, 0.3) is 5.91 Å². The van der Waals surface area contributed by atoms with Crippen molar-refractivity contribution in [3.63, 3.8) is 0 Å². The molecule has 1 amide bonds. The predicted molar refractivity (Wildman–Crippen MR) is 83.9 cm³/mol. The Hall–Kier alpha value is -1.44. The standard InChI is InChI=1S/C16H21NO5S/c1-23(19,20)13-6-4-5-12(11-13)15(18)17-8-3-2-7-14(17)16-21-9-10-22-16/h4-6,11,14,16H,2-3,7-10H2,1H3/t14-/m1/s1. The minimum absolute atomic E-state index is 0.111. The Morgan fingerprint density at radius 1 is 1.22 bits per heavy atom. The third kappa shape index (κ3) is 3.57. The van der Waals surface area contributed by atoms with Crippen LogP contribution in [0.2, 0.25) is 0 Å². The molecule has 1 aromatic rings. The van der Waals surface area contributed by atoms with Crippen molar-refractivity contribution in [3.05, 3.63) is 29.8 Å². The van der Waals surface area contributed by atoms with Crippen LogP contribution in [0.25, 0.3) is 0 Å². The number of benzene rings is 1. The highest BCUT2D eigenvalue weighted by Crippen LogP contribution is 2.26. The van der Waals surface area contributed by atoms with E-state index < -0.39 is 9.84 Å². The van der Waals surface area contributed by atoms with Crippen molar-refractivity contribution in [1.29, 1.82) is 0 Å². The largest absolute Gasteiger partial charge is 0.348 e. The van der Waals surface area contributed by atoms with Gasteiger partial charge in [0.05, 0.1) is 24.2 Å². The van der Waals surface area contributed by atoms with Crippen molar-refractivity contribution in [2.45, 2.75) is 36.5 Å². The molecule has 0 bridgehead atoms. The number of nitrogens with zero attached hydrogens (tertiary/aromatic N) is 1. The number of amides is 1. The molecular weight excluding hydrogens is 318 g/mol. The van der Waals surface area contributed by atoms with Gasteiger partial charge in [0, 0.05) is 18.4 Å². The molecule has 0 aliphatic carbocycles. The average molecular weight is 339 g/mol. The molecule has 0 spiro atoms. The summed E-state index contributed by atoms with van der Waals surface area (Å²) in [5.41, 5.74) is 0.387. The van der Waals surface area contributed by atoms with E-state index in [0.717, 1.165) is 25.5 Å². The van der Waals surface area contributed by atoms with E-state index in [1.165, 1.54) is 12.1 Å². The van der Waals surface area contributed by atoms with Crippen molar-refractivity contribution >= 4 is 15.7 Å². The number of likely N-dealkylation sites (tertiary alicyclic amines) is 1. The number of piperidine rings is 1. The third-order valence-corrected chi connectivity index (χ3v) is 5.39. The predicted octanol–water partition coefficient (Wildman–Crippen LogP) is 1.46. The van der Waals surface area contributed by atoms with E-state index in [2.05, 4.69) is 0 Å². The number of hydrogen-bond acceptors (Lipinski definition) is 5. The van der Waals surface area contributed by atoms with Crippen molar-refractivity contribution in [2.75, 3.05) is 26.0 Å². The molecule has 0 saturated carbocycles. The number of carbonyl (C=O) groups excluding carboxylic acids is 1. The van der Waals surface area contributed by atoms with Gasteiger partial charge >= 0.3 is 0 Å².